The van der Waals surface area contributed by atoms with Gasteiger partial charge in [-0.3, -0.25) is 4.79 Å². The zero-order valence-corrected chi connectivity index (χ0v) is 16.6. The van der Waals surface area contributed by atoms with E-state index < -0.39 is 33.9 Å². The Morgan fingerprint density at radius 2 is 1.39 bits per heavy atom. The number of amides is 1. The number of carboxylic acids is 2. The van der Waals surface area contributed by atoms with Crippen LogP contribution in [0.1, 0.15) is 0 Å². The molecule has 5 N–H and O–H groups in total. The number of sulfone groups is 1. The molecule has 2 aromatic rings. The van der Waals surface area contributed by atoms with Gasteiger partial charge in [0.15, 0.2) is 0 Å². The third-order valence-corrected chi connectivity index (χ3v) is 5.42. The summed E-state index contributed by atoms with van der Waals surface area (Å²) in [5, 5.41) is 31.8. The predicted molar refractivity (Wildman–Crippen MR) is 110 cm³/mol. The molecule has 0 saturated carbocycles. The van der Waals surface area contributed by atoms with Crippen molar-refractivity contribution in [2.24, 2.45) is 0 Å². The SMILES string of the molecule is O=C(O)/C=C/C(=O)Nc1cccc(S(=O)(=O)c2cccc(NC(O)/C=C/C(=O)O)c2)c1. The van der Waals surface area contributed by atoms with Gasteiger partial charge < -0.3 is 26.0 Å². The average molecular weight is 446 g/mol. The molecule has 0 fully saturated rings. The molecular weight excluding hydrogens is 428 g/mol. The van der Waals surface area contributed by atoms with Crippen molar-refractivity contribution in [1.82, 2.24) is 0 Å². The van der Waals surface area contributed by atoms with Crippen LogP contribution in [0.3, 0.4) is 0 Å². The lowest BCUT2D eigenvalue weighted by atomic mass is 10.3. The van der Waals surface area contributed by atoms with Crippen LogP contribution < -0.4 is 10.6 Å². The summed E-state index contributed by atoms with van der Waals surface area (Å²) in [6, 6.07) is 10.9. The molecule has 1 amide bonds. The number of carbonyl (C=O) groups excluding carboxylic acids is 1. The lowest BCUT2D eigenvalue weighted by Gasteiger charge is -2.12. The molecule has 0 aromatic heterocycles. The first-order valence-corrected chi connectivity index (χ1v) is 10.1. The first kappa shape index (κ1) is 23.3. The number of carbonyl (C=O) groups is 3. The van der Waals surface area contributed by atoms with Crippen molar-refractivity contribution in [3.63, 3.8) is 0 Å². The van der Waals surface area contributed by atoms with Gasteiger partial charge in [0, 0.05) is 29.6 Å². The summed E-state index contributed by atoms with van der Waals surface area (Å²) in [6.45, 7) is 0. The molecule has 0 heterocycles. The van der Waals surface area contributed by atoms with Crippen LogP contribution in [0.5, 0.6) is 0 Å². The summed E-state index contributed by atoms with van der Waals surface area (Å²) in [5.41, 5.74) is 0.372. The highest BCUT2D eigenvalue weighted by atomic mass is 32.2. The molecule has 0 saturated heterocycles. The lowest BCUT2D eigenvalue weighted by molar-refractivity contribution is -0.132. The van der Waals surface area contributed by atoms with Crippen LogP contribution in [0, 0.1) is 0 Å². The summed E-state index contributed by atoms with van der Waals surface area (Å²) in [7, 11) is -4.00. The van der Waals surface area contributed by atoms with Crippen LogP contribution in [0.4, 0.5) is 11.4 Å². The Hall–Kier alpha value is -3.96. The van der Waals surface area contributed by atoms with Crippen LogP contribution in [-0.2, 0) is 24.2 Å². The molecule has 1 unspecified atom stereocenters. The maximum Gasteiger partial charge on any atom is 0.328 e. The van der Waals surface area contributed by atoms with E-state index in [1.165, 1.54) is 48.5 Å². The molecule has 31 heavy (non-hydrogen) atoms. The van der Waals surface area contributed by atoms with Crippen molar-refractivity contribution in [3.05, 3.63) is 72.8 Å². The zero-order chi connectivity index (χ0) is 23.0. The van der Waals surface area contributed by atoms with Gasteiger partial charge in [0.05, 0.1) is 9.79 Å². The van der Waals surface area contributed by atoms with Crippen molar-refractivity contribution in [2.45, 2.75) is 16.0 Å². The number of aliphatic carboxylic acids is 2. The van der Waals surface area contributed by atoms with Crippen molar-refractivity contribution < 1.29 is 38.1 Å². The molecule has 162 valence electrons. The predicted octanol–water partition coefficient (Wildman–Crippen LogP) is 1.47. The maximum atomic E-state index is 13.0. The standard InChI is InChI=1S/C20H18N2O8S/c23-17(7-9-19(25)26)21-13-3-1-5-15(11-13)31(29,30)16-6-2-4-14(12-16)22-18(24)8-10-20(27)28/h1-12,17,21,23H,(H,22,24)(H,25,26)(H,27,28)/b9-7+,10-8+. The van der Waals surface area contributed by atoms with Gasteiger partial charge in [-0.05, 0) is 42.5 Å². The van der Waals surface area contributed by atoms with Gasteiger partial charge in [0.2, 0.25) is 15.7 Å². The Morgan fingerprint density at radius 1 is 0.839 bits per heavy atom. The highest BCUT2D eigenvalue weighted by Crippen LogP contribution is 2.25. The Morgan fingerprint density at radius 3 is 1.97 bits per heavy atom. The number of carboxylic acid groups (broad SMARTS) is 2. The molecule has 2 rings (SSSR count). The summed E-state index contributed by atoms with van der Waals surface area (Å²) in [5.74, 6) is -3.29. The van der Waals surface area contributed by atoms with Crippen LogP contribution in [0.25, 0.3) is 0 Å². The number of hydrogen-bond acceptors (Lipinski definition) is 7. The van der Waals surface area contributed by atoms with Crippen LogP contribution in [0.15, 0.2) is 82.6 Å². The van der Waals surface area contributed by atoms with Gasteiger partial charge in [-0.25, -0.2) is 18.0 Å². The van der Waals surface area contributed by atoms with Gasteiger partial charge in [-0.2, -0.15) is 0 Å². The Labute approximate surface area is 177 Å². The van der Waals surface area contributed by atoms with Gasteiger partial charge in [0.1, 0.15) is 6.23 Å². The fourth-order valence-corrected chi connectivity index (χ4v) is 3.71. The van der Waals surface area contributed by atoms with E-state index in [0.717, 1.165) is 18.2 Å². The molecular formula is C20H18N2O8S. The molecule has 0 aliphatic rings. The number of aliphatic hydroxyl groups excluding tert-OH is 1. The average Bonchev–Trinajstić information content (AvgIpc) is 2.71. The highest BCUT2D eigenvalue weighted by Gasteiger charge is 2.19. The highest BCUT2D eigenvalue weighted by molar-refractivity contribution is 7.91. The normalized spacial score (nSPS) is 12.5. The molecule has 2 aromatic carbocycles. The minimum absolute atomic E-state index is 0.110. The van der Waals surface area contributed by atoms with Gasteiger partial charge >= 0.3 is 11.9 Å². The second kappa shape index (κ2) is 10.2. The maximum absolute atomic E-state index is 13.0. The first-order chi connectivity index (χ1) is 14.6. The van der Waals surface area contributed by atoms with E-state index in [1.54, 1.807) is 0 Å². The number of nitrogens with one attached hydrogen (secondary N) is 2. The van der Waals surface area contributed by atoms with Gasteiger partial charge in [-0.15, -0.1) is 0 Å². The van der Waals surface area contributed by atoms with E-state index in [9.17, 15) is 27.9 Å². The van der Waals surface area contributed by atoms with E-state index in [-0.39, 0.29) is 21.2 Å². The molecule has 0 aliphatic carbocycles. The van der Waals surface area contributed by atoms with Crippen LogP contribution in [0.2, 0.25) is 0 Å². The number of rotatable bonds is 9. The van der Waals surface area contributed by atoms with E-state index in [1.807, 2.05) is 0 Å². The fourth-order valence-electron chi connectivity index (χ4n) is 2.35. The van der Waals surface area contributed by atoms with Crippen molar-refractivity contribution >= 4 is 39.1 Å². The minimum atomic E-state index is -4.00. The van der Waals surface area contributed by atoms with Crippen molar-refractivity contribution in [1.29, 1.82) is 0 Å². The summed E-state index contributed by atoms with van der Waals surface area (Å²) >= 11 is 0. The smallest absolute Gasteiger partial charge is 0.328 e. The van der Waals surface area contributed by atoms with Crippen LogP contribution >= 0.6 is 0 Å². The van der Waals surface area contributed by atoms with Crippen molar-refractivity contribution in [2.75, 3.05) is 10.6 Å². The number of benzene rings is 2. The monoisotopic (exact) mass is 446 g/mol. The van der Waals surface area contributed by atoms with E-state index >= 15 is 0 Å². The second-order valence-electron chi connectivity index (χ2n) is 6.01. The summed E-state index contributed by atoms with van der Waals surface area (Å²) in [6.07, 6.45) is 1.81. The Bertz CT molecular complexity index is 1160. The lowest BCUT2D eigenvalue weighted by Crippen LogP contribution is -2.16. The summed E-state index contributed by atoms with van der Waals surface area (Å²) in [4.78, 5) is 32.4. The van der Waals surface area contributed by atoms with Crippen LogP contribution in [-0.4, -0.2) is 47.8 Å². The van der Waals surface area contributed by atoms with Gasteiger partial charge in [0.25, 0.3) is 0 Å². The molecule has 10 nitrogen and oxygen atoms in total. The minimum Gasteiger partial charge on any atom is -0.478 e. The van der Waals surface area contributed by atoms with Crippen molar-refractivity contribution in [3.8, 4) is 0 Å². The van der Waals surface area contributed by atoms with E-state index in [0.29, 0.717) is 6.08 Å². The fraction of sp³-hybridized carbons (Fsp3) is 0.0500. The number of hydrogen-bond donors (Lipinski definition) is 5. The molecule has 0 spiro atoms. The number of anilines is 2. The topological polar surface area (TPSA) is 170 Å². The Balaban J connectivity index is 2.24. The quantitative estimate of drug-likeness (QED) is 0.283. The third kappa shape index (κ3) is 7.10. The second-order valence-corrected chi connectivity index (χ2v) is 7.96. The zero-order valence-electron chi connectivity index (χ0n) is 15.8. The van der Waals surface area contributed by atoms with E-state index in [4.69, 9.17) is 10.2 Å². The Kier molecular flexibility index (Phi) is 7.66. The first-order valence-electron chi connectivity index (χ1n) is 8.61. The van der Waals surface area contributed by atoms with Gasteiger partial charge in [-0.1, -0.05) is 12.1 Å². The molecule has 0 bridgehead atoms. The summed E-state index contributed by atoms with van der Waals surface area (Å²) < 4.78 is 25.9. The molecule has 0 radical (unpaired) electrons. The molecule has 11 heteroatoms. The molecule has 1 atom stereocenters. The number of aliphatic hydroxyl groups is 1. The largest absolute Gasteiger partial charge is 0.478 e. The van der Waals surface area contributed by atoms with E-state index in [2.05, 4.69) is 10.6 Å². The molecule has 0 aliphatic heterocycles. The third-order valence-electron chi connectivity index (χ3n) is 3.67.